The van der Waals surface area contributed by atoms with E-state index in [9.17, 15) is 13.2 Å². The Hall–Kier alpha value is -3.52. The maximum absolute atomic E-state index is 13.6. The van der Waals surface area contributed by atoms with Crippen molar-refractivity contribution in [3.8, 4) is 11.5 Å². The van der Waals surface area contributed by atoms with Crippen molar-refractivity contribution in [2.24, 2.45) is 5.92 Å². The zero-order valence-corrected chi connectivity index (χ0v) is 21.3. The number of ether oxygens (including phenoxy) is 2. The normalized spacial score (nSPS) is 12.1. The highest BCUT2D eigenvalue weighted by Crippen LogP contribution is 2.34. The molecule has 0 aromatic heterocycles. The summed E-state index contributed by atoms with van der Waals surface area (Å²) in [5.74, 6) is 0.740. The smallest absolute Gasteiger partial charge is 0.264 e. The predicted octanol–water partition coefficient (Wildman–Crippen LogP) is 4.80. The lowest BCUT2D eigenvalue weighted by atomic mass is 9.97. The van der Waals surface area contributed by atoms with Crippen molar-refractivity contribution in [3.05, 3.63) is 84.4 Å². The second-order valence-corrected chi connectivity index (χ2v) is 10.4. The summed E-state index contributed by atoms with van der Waals surface area (Å²) in [5.41, 5.74) is 1.26. The molecule has 0 radical (unpaired) electrons. The van der Waals surface area contributed by atoms with Gasteiger partial charge in [0.05, 0.1) is 30.8 Å². The van der Waals surface area contributed by atoms with E-state index in [0.717, 1.165) is 16.3 Å². The first kappa shape index (κ1) is 26.1. The van der Waals surface area contributed by atoms with Crippen molar-refractivity contribution < 1.29 is 22.7 Å². The molecule has 0 fully saturated rings. The van der Waals surface area contributed by atoms with E-state index in [4.69, 9.17) is 9.47 Å². The summed E-state index contributed by atoms with van der Waals surface area (Å²) in [6.07, 6.45) is 0.720. The number of rotatable bonds is 11. The van der Waals surface area contributed by atoms with E-state index in [1.807, 2.05) is 30.3 Å². The first-order valence-corrected chi connectivity index (χ1v) is 12.8. The predicted molar refractivity (Wildman–Crippen MR) is 137 cm³/mol. The van der Waals surface area contributed by atoms with Crippen LogP contribution in [0.3, 0.4) is 0 Å². The van der Waals surface area contributed by atoms with Crippen LogP contribution >= 0.6 is 0 Å². The average molecular weight is 497 g/mol. The van der Waals surface area contributed by atoms with Crippen LogP contribution in [0, 0.1) is 5.92 Å². The van der Waals surface area contributed by atoms with Crippen LogP contribution in [-0.2, 0) is 14.8 Å². The van der Waals surface area contributed by atoms with Gasteiger partial charge in [0.1, 0.15) is 6.54 Å². The second kappa shape index (κ2) is 11.8. The summed E-state index contributed by atoms with van der Waals surface area (Å²) < 4.78 is 39.0. The summed E-state index contributed by atoms with van der Waals surface area (Å²) in [6, 6.07) is 22.2. The summed E-state index contributed by atoms with van der Waals surface area (Å²) in [5, 5.41) is 3.04. The molecule has 1 unspecified atom stereocenters. The summed E-state index contributed by atoms with van der Waals surface area (Å²) >= 11 is 0. The maximum atomic E-state index is 13.6. The number of benzene rings is 3. The highest BCUT2D eigenvalue weighted by Gasteiger charge is 2.29. The second-order valence-electron chi connectivity index (χ2n) is 8.52. The third-order valence-electron chi connectivity index (χ3n) is 5.52. The Bertz CT molecular complexity index is 1210. The molecule has 0 heterocycles. The molecule has 35 heavy (non-hydrogen) atoms. The van der Waals surface area contributed by atoms with Gasteiger partial charge < -0.3 is 14.8 Å². The van der Waals surface area contributed by atoms with Gasteiger partial charge in [-0.15, -0.1) is 0 Å². The Labute approximate surface area is 207 Å². The quantitative estimate of drug-likeness (QED) is 0.412. The van der Waals surface area contributed by atoms with Gasteiger partial charge in [-0.2, -0.15) is 0 Å². The average Bonchev–Trinajstić information content (AvgIpc) is 2.87. The molecule has 8 heteroatoms. The molecule has 0 aliphatic heterocycles. The van der Waals surface area contributed by atoms with Crippen molar-refractivity contribution in [3.63, 3.8) is 0 Å². The number of methoxy groups -OCH3 is 2. The van der Waals surface area contributed by atoms with E-state index < -0.39 is 22.5 Å². The van der Waals surface area contributed by atoms with Gasteiger partial charge in [0.15, 0.2) is 11.5 Å². The van der Waals surface area contributed by atoms with Crippen LogP contribution in [-0.4, -0.2) is 35.1 Å². The molecular formula is C27H32N2O5S. The Morgan fingerprint density at radius 2 is 1.49 bits per heavy atom. The fraction of sp³-hybridized carbons (Fsp3) is 0.296. The van der Waals surface area contributed by atoms with Crippen molar-refractivity contribution in [1.29, 1.82) is 0 Å². The molecule has 0 aliphatic rings. The minimum atomic E-state index is -4.04. The number of hydrogen-bond acceptors (Lipinski definition) is 5. The van der Waals surface area contributed by atoms with Gasteiger partial charge in [-0.05, 0) is 42.2 Å². The van der Waals surface area contributed by atoms with Gasteiger partial charge in [0.2, 0.25) is 5.91 Å². The molecule has 0 saturated heterocycles. The monoisotopic (exact) mass is 496 g/mol. The van der Waals surface area contributed by atoms with E-state index in [-0.39, 0.29) is 10.9 Å². The van der Waals surface area contributed by atoms with E-state index in [2.05, 4.69) is 19.2 Å². The fourth-order valence-corrected chi connectivity index (χ4v) is 5.25. The van der Waals surface area contributed by atoms with Gasteiger partial charge in [-0.25, -0.2) is 8.42 Å². The zero-order valence-electron chi connectivity index (χ0n) is 20.5. The van der Waals surface area contributed by atoms with Crippen LogP contribution in [0.5, 0.6) is 11.5 Å². The lowest BCUT2D eigenvalue weighted by Crippen LogP contribution is -2.42. The van der Waals surface area contributed by atoms with Gasteiger partial charge in [-0.3, -0.25) is 9.10 Å². The molecule has 3 rings (SSSR count). The van der Waals surface area contributed by atoms with Crippen LogP contribution in [0.1, 0.15) is 31.9 Å². The van der Waals surface area contributed by atoms with Crippen LogP contribution in [0.2, 0.25) is 0 Å². The third-order valence-corrected chi connectivity index (χ3v) is 7.31. The molecule has 3 aromatic rings. The highest BCUT2D eigenvalue weighted by molar-refractivity contribution is 7.92. The number of amides is 1. The first-order chi connectivity index (χ1) is 16.8. The number of sulfonamides is 1. The van der Waals surface area contributed by atoms with Crippen molar-refractivity contribution in [1.82, 2.24) is 5.32 Å². The van der Waals surface area contributed by atoms with Crippen LogP contribution in [0.15, 0.2) is 83.8 Å². The van der Waals surface area contributed by atoms with Gasteiger partial charge in [0.25, 0.3) is 10.0 Å². The Kier molecular flexibility index (Phi) is 8.76. The highest BCUT2D eigenvalue weighted by atomic mass is 32.2. The summed E-state index contributed by atoms with van der Waals surface area (Å²) in [6.45, 7) is 3.77. The molecule has 0 bridgehead atoms. The molecule has 0 spiro atoms. The van der Waals surface area contributed by atoms with Crippen LogP contribution < -0.4 is 19.1 Å². The Morgan fingerprint density at radius 3 is 2.06 bits per heavy atom. The molecule has 1 amide bonds. The SMILES string of the molecule is COc1ccc(N(CC(=O)NC(CC(C)C)c2ccccc2)S(=O)(=O)c2ccccc2)cc1OC. The lowest BCUT2D eigenvalue weighted by Gasteiger charge is -2.27. The molecule has 0 saturated carbocycles. The number of nitrogens with one attached hydrogen (secondary N) is 1. The minimum Gasteiger partial charge on any atom is -0.493 e. The van der Waals surface area contributed by atoms with Crippen molar-refractivity contribution >= 4 is 21.6 Å². The Morgan fingerprint density at radius 1 is 0.886 bits per heavy atom. The van der Waals surface area contributed by atoms with Crippen molar-refractivity contribution in [2.45, 2.75) is 31.2 Å². The van der Waals surface area contributed by atoms with Crippen LogP contribution in [0.4, 0.5) is 5.69 Å². The standard InChI is InChI=1S/C27H32N2O5S/c1-20(2)17-24(21-11-7-5-8-12-21)28-27(30)19-29(35(31,32)23-13-9-6-10-14-23)22-15-16-25(33-3)26(18-22)34-4/h5-16,18,20,24H,17,19H2,1-4H3,(H,28,30). The van der Waals surface area contributed by atoms with Gasteiger partial charge in [0, 0.05) is 6.07 Å². The summed E-state index contributed by atoms with van der Waals surface area (Å²) in [4.78, 5) is 13.4. The van der Waals surface area contributed by atoms with Crippen LogP contribution in [0.25, 0.3) is 0 Å². The van der Waals surface area contributed by atoms with Gasteiger partial charge >= 0.3 is 0 Å². The molecule has 186 valence electrons. The molecule has 1 N–H and O–H groups in total. The number of hydrogen-bond donors (Lipinski definition) is 1. The molecule has 7 nitrogen and oxygen atoms in total. The number of anilines is 1. The van der Waals surface area contributed by atoms with E-state index in [1.54, 1.807) is 36.4 Å². The van der Waals surface area contributed by atoms with Crippen molar-refractivity contribution in [2.75, 3.05) is 25.1 Å². The largest absolute Gasteiger partial charge is 0.493 e. The summed E-state index contributed by atoms with van der Waals surface area (Å²) in [7, 11) is -1.07. The van der Waals surface area contributed by atoms with E-state index in [0.29, 0.717) is 23.1 Å². The molecule has 1 atom stereocenters. The topological polar surface area (TPSA) is 84.9 Å². The fourth-order valence-electron chi connectivity index (χ4n) is 3.82. The molecule has 3 aromatic carbocycles. The lowest BCUT2D eigenvalue weighted by molar-refractivity contribution is -0.120. The maximum Gasteiger partial charge on any atom is 0.264 e. The molecule has 0 aliphatic carbocycles. The Balaban J connectivity index is 1.97. The van der Waals surface area contributed by atoms with E-state index >= 15 is 0 Å². The first-order valence-electron chi connectivity index (χ1n) is 11.4. The van der Waals surface area contributed by atoms with Gasteiger partial charge in [-0.1, -0.05) is 62.4 Å². The number of carbonyl (C=O) groups excluding carboxylic acids is 1. The third kappa shape index (κ3) is 6.54. The number of carbonyl (C=O) groups is 1. The minimum absolute atomic E-state index is 0.0874. The van der Waals surface area contributed by atoms with E-state index in [1.165, 1.54) is 26.4 Å². The number of nitrogens with zero attached hydrogens (tertiary/aromatic N) is 1. The molecular weight excluding hydrogens is 464 g/mol. The zero-order chi connectivity index (χ0) is 25.4.